The van der Waals surface area contributed by atoms with Crippen LogP contribution < -0.4 is 5.73 Å². The largest absolute Gasteiger partial charge is 0.398 e. The fourth-order valence-electron chi connectivity index (χ4n) is 1.92. The van der Waals surface area contributed by atoms with E-state index in [1.807, 2.05) is 37.4 Å². The van der Waals surface area contributed by atoms with Crippen LogP contribution in [0.2, 0.25) is 0 Å². The normalized spacial score (nSPS) is 10.9. The minimum absolute atomic E-state index is 0.453. The number of para-hydroxylation sites is 1. The Morgan fingerprint density at radius 3 is 2.85 bits per heavy atom. The Hall–Kier alpha value is -2.21. The van der Waals surface area contributed by atoms with Gasteiger partial charge in [0.15, 0.2) is 5.82 Å². The van der Waals surface area contributed by atoms with E-state index in [-0.39, 0.29) is 0 Å². The van der Waals surface area contributed by atoms with Crippen molar-refractivity contribution in [1.82, 2.24) is 15.1 Å². The smallest absolute Gasteiger partial charge is 0.260 e. The highest BCUT2D eigenvalue weighted by atomic mass is 32.1. The van der Waals surface area contributed by atoms with Crippen molar-refractivity contribution in [2.75, 3.05) is 5.73 Å². The monoisotopic (exact) mass is 286 g/mol. The highest BCUT2D eigenvalue weighted by Gasteiger charge is 2.13. The Balaban J connectivity index is 1.88. The van der Waals surface area contributed by atoms with Crippen LogP contribution in [-0.2, 0) is 6.42 Å². The zero-order chi connectivity index (χ0) is 14.1. The van der Waals surface area contributed by atoms with E-state index >= 15 is 0 Å². The van der Waals surface area contributed by atoms with E-state index in [0.29, 0.717) is 23.8 Å². The minimum Gasteiger partial charge on any atom is -0.398 e. The summed E-state index contributed by atoms with van der Waals surface area (Å²) in [6.07, 6.45) is 0.577. The van der Waals surface area contributed by atoms with Crippen LogP contribution in [0.4, 0.5) is 5.69 Å². The second kappa shape index (κ2) is 5.05. The molecule has 0 aliphatic carbocycles. The van der Waals surface area contributed by atoms with Gasteiger partial charge < -0.3 is 10.3 Å². The molecule has 0 fully saturated rings. The molecule has 0 atom stereocenters. The number of hydrogen-bond acceptors (Lipinski definition) is 6. The van der Waals surface area contributed by atoms with Gasteiger partial charge in [-0.3, -0.25) is 0 Å². The number of hydrogen-bond donors (Lipinski definition) is 1. The molecule has 0 amide bonds. The molecule has 2 N–H and O–H groups in total. The topological polar surface area (TPSA) is 77.8 Å². The lowest BCUT2D eigenvalue weighted by molar-refractivity contribution is 0.424. The molecule has 20 heavy (non-hydrogen) atoms. The van der Waals surface area contributed by atoms with Crippen molar-refractivity contribution < 1.29 is 4.52 Å². The van der Waals surface area contributed by atoms with Crippen molar-refractivity contribution in [1.29, 1.82) is 0 Å². The maximum atomic E-state index is 6.04. The summed E-state index contributed by atoms with van der Waals surface area (Å²) < 4.78 is 5.30. The zero-order valence-electron chi connectivity index (χ0n) is 11.3. The quantitative estimate of drug-likeness (QED) is 0.749. The second-order valence-electron chi connectivity index (χ2n) is 4.61. The molecule has 0 spiro atoms. The first-order valence-corrected chi connectivity index (χ1v) is 7.10. The van der Waals surface area contributed by atoms with Crippen LogP contribution in [0.3, 0.4) is 0 Å². The second-order valence-corrected chi connectivity index (χ2v) is 5.55. The predicted octanol–water partition coefficient (Wildman–Crippen LogP) is 2.98. The van der Waals surface area contributed by atoms with Gasteiger partial charge in [-0.2, -0.15) is 4.98 Å². The maximum absolute atomic E-state index is 6.04. The molecule has 102 valence electrons. The molecule has 3 rings (SSSR count). The van der Waals surface area contributed by atoms with E-state index in [1.54, 1.807) is 11.3 Å². The standard InChI is InChI=1S/C14H14N4OS/c1-8-4-3-5-10(13(8)15)14-17-11(18-19-14)6-12-16-9(2)7-20-12/h3-5,7H,6,15H2,1-2H3. The van der Waals surface area contributed by atoms with Crippen LogP contribution in [0.15, 0.2) is 28.1 Å². The first-order valence-electron chi connectivity index (χ1n) is 6.22. The number of thiazole rings is 1. The molecule has 1 aromatic carbocycles. The molecule has 5 nitrogen and oxygen atoms in total. The van der Waals surface area contributed by atoms with Crippen molar-refractivity contribution in [3.8, 4) is 11.5 Å². The van der Waals surface area contributed by atoms with Gasteiger partial charge in [-0.05, 0) is 25.5 Å². The summed E-state index contributed by atoms with van der Waals surface area (Å²) in [6.45, 7) is 3.92. The Bertz CT molecular complexity index is 747. The van der Waals surface area contributed by atoms with Gasteiger partial charge in [0.2, 0.25) is 0 Å². The van der Waals surface area contributed by atoms with E-state index in [0.717, 1.165) is 21.8 Å². The van der Waals surface area contributed by atoms with Gasteiger partial charge in [-0.1, -0.05) is 17.3 Å². The minimum atomic E-state index is 0.453. The van der Waals surface area contributed by atoms with Crippen LogP contribution in [0.1, 0.15) is 22.1 Å². The lowest BCUT2D eigenvalue weighted by atomic mass is 10.1. The summed E-state index contributed by atoms with van der Waals surface area (Å²) in [6, 6.07) is 5.76. The van der Waals surface area contributed by atoms with Gasteiger partial charge in [0.25, 0.3) is 5.89 Å². The molecule has 3 aromatic rings. The predicted molar refractivity (Wildman–Crippen MR) is 78.5 cm³/mol. The third kappa shape index (κ3) is 2.42. The van der Waals surface area contributed by atoms with Crippen molar-refractivity contribution in [2.24, 2.45) is 0 Å². The summed E-state index contributed by atoms with van der Waals surface area (Å²) in [4.78, 5) is 8.79. The number of rotatable bonds is 3. The molecule has 6 heteroatoms. The summed E-state index contributed by atoms with van der Waals surface area (Å²) in [7, 11) is 0. The fraction of sp³-hybridized carbons (Fsp3) is 0.214. The number of nitrogens with zero attached hydrogens (tertiary/aromatic N) is 3. The van der Waals surface area contributed by atoms with E-state index in [4.69, 9.17) is 10.3 Å². The van der Waals surface area contributed by atoms with Gasteiger partial charge in [0, 0.05) is 16.8 Å². The summed E-state index contributed by atoms with van der Waals surface area (Å²) >= 11 is 1.60. The lowest BCUT2D eigenvalue weighted by Gasteiger charge is -2.02. The average molecular weight is 286 g/mol. The van der Waals surface area contributed by atoms with Gasteiger partial charge >= 0.3 is 0 Å². The summed E-state index contributed by atoms with van der Waals surface area (Å²) in [5.41, 5.74) is 9.50. The van der Waals surface area contributed by atoms with E-state index in [9.17, 15) is 0 Å². The highest BCUT2D eigenvalue weighted by molar-refractivity contribution is 7.09. The van der Waals surface area contributed by atoms with Crippen molar-refractivity contribution in [2.45, 2.75) is 20.3 Å². The first kappa shape index (κ1) is 12.8. The Kier molecular flexibility index (Phi) is 3.23. The third-order valence-electron chi connectivity index (χ3n) is 3.00. The Morgan fingerprint density at radius 2 is 2.10 bits per heavy atom. The van der Waals surface area contributed by atoms with E-state index < -0.39 is 0 Å². The van der Waals surface area contributed by atoms with E-state index in [2.05, 4.69) is 15.1 Å². The molecular formula is C14H14N4OS. The van der Waals surface area contributed by atoms with Crippen molar-refractivity contribution in [3.63, 3.8) is 0 Å². The maximum Gasteiger partial charge on any atom is 0.260 e. The molecule has 0 bridgehead atoms. The fourth-order valence-corrected chi connectivity index (χ4v) is 2.69. The van der Waals surface area contributed by atoms with Gasteiger partial charge in [-0.25, -0.2) is 4.98 Å². The number of nitrogen functional groups attached to an aromatic ring is 1. The molecular weight excluding hydrogens is 272 g/mol. The van der Waals surface area contributed by atoms with Crippen LogP contribution in [0.5, 0.6) is 0 Å². The van der Waals surface area contributed by atoms with Crippen LogP contribution in [-0.4, -0.2) is 15.1 Å². The lowest BCUT2D eigenvalue weighted by Crippen LogP contribution is -1.94. The van der Waals surface area contributed by atoms with E-state index in [1.165, 1.54) is 0 Å². The number of aromatic nitrogens is 3. The Morgan fingerprint density at radius 1 is 1.25 bits per heavy atom. The zero-order valence-corrected chi connectivity index (χ0v) is 12.1. The molecule has 0 aliphatic rings. The van der Waals surface area contributed by atoms with Crippen molar-refractivity contribution in [3.05, 3.63) is 45.7 Å². The molecule has 0 saturated carbocycles. The molecule has 2 heterocycles. The van der Waals surface area contributed by atoms with Crippen LogP contribution >= 0.6 is 11.3 Å². The molecule has 0 radical (unpaired) electrons. The molecule has 0 saturated heterocycles. The number of nitrogens with two attached hydrogens (primary N) is 1. The molecule has 2 aromatic heterocycles. The average Bonchev–Trinajstić information content (AvgIpc) is 3.03. The summed E-state index contributed by atoms with van der Waals surface area (Å²) in [5.74, 6) is 1.07. The number of benzene rings is 1. The number of anilines is 1. The first-order chi connectivity index (χ1) is 9.63. The van der Waals surface area contributed by atoms with Gasteiger partial charge in [0.1, 0.15) is 5.01 Å². The molecule has 0 unspecified atom stereocenters. The Labute approximate surface area is 120 Å². The van der Waals surface area contributed by atoms with Crippen molar-refractivity contribution >= 4 is 17.0 Å². The van der Waals surface area contributed by atoms with Gasteiger partial charge in [-0.15, -0.1) is 11.3 Å². The van der Waals surface area contributed by atoms with Crippen LogP contribution in [0, 0.1) is 13.8 Å². The molecule has 0 aliphatic heterocycles. The SMILES string of the molecule is Cc1csc(Cc2noc(-c3cccc(C)c3N)n2)n1. The third-order valence-corrected chi connectivity index (χ3v) is 3.97. The summed E-state index contributed by atoms with van der Waals surface area (Å²) in [5, 5.41) is 6.98. The van der Waals surface area contributed by atoms with Crippen LogP contribution in [0.25, 0.3) is 11.5 Å². The highest BCUT2D eigenvalue weighted by Crippen LogP contribution is 2.27. The van der Waals surface area contributed by atoms with Gasteiger partial charge in [0.05, 0.1) is 12.0 Å². The number of aryl methyl sites for hydroxylation is 2.